The summed E-state index contributed by atoms with van der Waals surface area (Å²) >= 11 is 0. The Labute approximate surface area is 864 Å². The molecule has 0 saturated carbocycles. The Hall–Kier alpha value is -13.8. The van der Waals surface area contributed by atoms with Gasteiger partial charge < -0.3 is 106 Å². The van der Waals surface area contributed by atoms with Crippen LogP contribution in [0, 0.1) is 0 Å². The van der Waals surface area contributed by atoms with Crippen molar-refractivity contribution in [3.8, 4) is 0 Å². The highest BCUT2D eigenvalue weighted by Crippen LogP contribution is 2.33. The van der Waals surface area contributed by atoms with Crippen LogP contribution >= 0.6 is 0 Å². The van der Waals surface area contributed by atoms with Gasteiger partial charge in [0.25, 0.3) is 33.4 Å². The molecule has 2 fully saturated rings. The SMILES string of the molecule is CN(C)CCCC(=O)N1CCc2[nH]c(=O)c3ccccc3c2C1.C[C@@H](N)C(=O)N1CCc2[nH]c(=O)c3ccccc3c2C1.N[C@H](Cc1ccccc1)C(=O)N1CCc2[nH]c(=O)c3ccccc3c2C1.O=C(CCCN1CCCCC1)N1CCc2[nH]c(=O)c3ccccc3c2C1.O=C(CCCN1CCN(CCO)CC1)N1CCc2[nH]c(=O)c3ccccc3c2C1.O=C(CCNC[C@@H](O)CO)N1CCc2[nH]c(=O)c3ccccc3c2C1. The lowest BCUT2D eigenvalue weighted by molar-refractivity contribution is -0.134. The van der Waals surface area contributed by atoms with Crippen LogP contribution in [0.5, 0.6) is 0 Å². The van der Waals surface area contributed by atoms with Gasteiger partial charge in [-0.25, -0.2) is 0 Å². The summed E-state index contributed by atoms with van der Waals surface area (Å²) in [7, 11) is 4.04. The minimum absolute atomic E-state index is 0.0272. The van der Waals surface area contributed by atoms with Gasteiger partial charge in [0.05, 0.1) is 31.4 Å². The number of nitrogens with zero attached hydrogens (tertiary/aromatic N) is 10. The molecular weight excluding hydrogens is 1890 g/mol. The summed E-state index contributed by atoms with van der Waals surface area (Å²) in [6, 6.07) is 54.2. The maximum Gasteiger partial charge on any atom is 0.256 e. The maximum absolute atomic E-state index is 12.8. The Morgan fingerprint density at radius 3 is 0.926 bits per heavy atom. The van der Waals surface area contributed by atoms with Crippen molar-refractivity contribution in [2.24, 2.45) is 11.5 Å². The Morgan fingerprint density at radius 1 is 0.342 bits per heavy atom. The first-order valence-electron chi connectivity index (χ1n) is 52.7. The van der Waals surface area contributed by atoms with Crippen LogP contribution in [0.15, 0.2) is 205 Å². The van der Waals surface area contributed by atoms with Crippen LogP contribution in [0.2, 0.25) is 0 Å². The molecule has 0 radical (unpaired) electrons. The molecule has 0 unspecified atom stereocenters. The van der Waals surface area contributed by atoms with Crippen molar-refractivity contribution in [2.75, 3.05) is 145 Å². The fraction of sp³-hybridized carbons (Fsp3) is 0.426. The van der Waals surface area contributed by atoms with E-state index in [1.54, 1.807) is 33.8 Å². The number of nitrogens with one attached hydrogen (secondary N) is 7. The molecular formula is C115H141N19O15. The zero-order chi connectivity index (χ0) is 105. The van der Waals surface area contributed by atoms with Crippen LogP contribution < -0.4 is 50.1 Å². The molecule has 13 aromatic rings. The quantitative estimate of drug-likeness (QED) is 0.0257. The molecule has 149 heavy (non-hydrogen) atoms. The van der Waals surface area contributed by atoms with Gasteiger partial charge in [-0.05, 0) is 200 Å². The standard InChI is InChI=1S/C22H30N4O3.C21H27N3O2.C21H21N3O2.C18H23N3O4.C18H23N3O2.C15H17N3O2/c27-15-14-25-12-10-24(11-13-25)8-3-6-21(28)26-9-7-20-19(16-26)17-4-1-2-5-18(17)22(29)23-20;25-20(9-6-13-23-11-4-1-5-12-23)24-14-10-19-18(15-24)16-7-2-3-8-17(16)21(26)22-19;22-18(12-14-6-2-1-3-7-14)21(26)24-11-10-19-17(13-24)15-8-4-5-9-16(15)20(25)23-19;22-11-12(23)9-19-7-5-17(24)21-8-6-16-15(10-21)13-3-1-2-4-14(13)18(25)20-16;1-20(2)10-5-8-17(22)21-11-9-16-15(12-21)13-6-3-4-7-14(13)18(23)19-16;1-9(16)15(20)18-7-6-13-12(8-18)10-4-2-3-5-11(10)14(19)17-13/h1-2,4-5,27H,3,6-16H2,(H,23,29);2-3,7-8H,1,4-6,9-15H2,(H,22,26);1-9,18H,10-13,22H2,(H,23,25);1-4,12,19,22-23H,5-11H2,(H,20,25);3-4,6-7H,5,8-12H2,1-2H3,(H,19,23);2-5,9H,6-8,16H2,1H3,(H,17,19)/t;;18-;12-;;9-/m..11.1/s1. The average Bonchev–Trinajstić information content (AvgIpc) is 0.801. The zero-order valence-electron chi connectivity index (χ0n) is 85.7. The van der Waals surface area contributed by atoms with E-state index in [9.17, 15) is 62.6 Å². The number of amides is 6. The predicted molar refractivity (Wildman–Crippen MR) is 581 cm³/mol. The Balaban J connectivity index is 0.000000128. The van der Waals surface area contributed by atoms with Gasteiger partial charge >= 0.3 is 0 Å². The molecule has 6 aromatic heterocycles. The number of benzene rings is 7. The van der Waals surface area contributed by atoms with E-state index in [-0.39, 0.29) is 88.6 Å². The number of carbonyl (C=O) groups is 6. The molecule has 7 aromatic carbocycles. The number of rotatable bonds is 24. The number of aliphatic hydroxyl groups excluding tert-OH is 3. The van der Waals surface area contributed by atoms with Gasteiger partial charge in [-0.2, -0.15) is 0 Å². The van der Waals surface area contributed by atoms with Gasteiger partial charge in [0.1, 0.15) is 0 Å². The maximum atomic E-state index is 12.8. The highest BCUT2D eigenvalue weighted by Gasteiger charge is 2.33. The first kappa shape index (κ1) is 108. The van der Waals surface area contributed by atoms with Crippen LogP contribution in [0.25, 0.3) is 64.6 Å². The van der Waals surface area contributed by atoms with E-state index in [2.05, 4.69) is 54.8 Å². The number of pyridine rings is 6. The van der Waals surface area contributed by atoms with Crippen molar-refractivity contribution in [3.63, 3.8) is 0 Å². The van der Waals surface area contributed by atoms with E-state index in [1.807, 2.05) is 193 Å². The van der Waals surface area contributed by atoms with Gasteiger partial charge in [-0.1, -0.05) is 146 Å². The van der Waals surface area contributed by atoms with E-state index in [0.29, 0.717) is 175 Å². The molecule has 0 aliphatic carbocycles. The van der Waals surface area contributed by atoms with Crippen molar-refractivity contribution in [1.29, 1.82) is 0 Å². The number of carbonyl (C=O) groups excluding carboxylic acids is 6. The molecule has 14 heterocycles. The van der Waals surface area contributed by atoms with Crippen molar-refractivity contribution < 1.29 is 44.1 Å². The second kappa shape index (κ2) is 51.4. The van der Waals surface area contributed by atoms with Crippen molar-refractivity contribution in [1.82, 2.24) is 84.2 Å². The van der Waals surface area contributed by atoms with E-state index in [1.165, 1.54) is 32.4 Å². The topological polar surface area (TPSA) is 457 Å². The van der Waals surface area contributed by atoms with Gasteiger partial charge in [0, 0.05) is 255 Å². The lowest BCUT2D eigenvalue weighted by Crippen LogP contribution is -2.47. The number of aliphatic hydroxyl groups is 3. The number of β-amino-alcohol motifs (C(OH)–C–C–N with tert-alkyl or cyclic N) is 1. The van der Waals surface area contributed by atoms with Crippen LogP contribution in [0.3, 0.4) is 0 Å². The lowest BCUT2D eigenvalue weighted by Gasteiger charge is -2.34. The normalized spacial score (nSPS) is 16.2. The summed E-state index contributed by atoms with van der Waals surface area (Å²) in [6.07, 6.45) is 12.5. The lowest BCUT2D eigenvalue weighted by atomic mass is 9.97. The van der Waals surface area contributed by atoms with Crippen molar-refractivity contribution in [3.05, 3.63) is 311 Å². The monoisotopic (exact) mass is 2030 g/mol. The molecule has 14 N–H and O–H groups in total. The van der Waals surface area contributed by atoms with Gasteiger partial charge in [0.2, 0.25) is 35.4 Å². The number of piperazine rings is 1. The van der Waals surface area contributed by atoms with Crippen LogP contribution in [-0.2, 0) is 113 Å². The molecule has 8 aliphatic heterocycles. The number of piperidine rings is 1. The smallest absolute Gasteiger partial charge is 0.256 e. The number of likely N-dealkylation sites (tertiary alicyclic amines) is 1. The minimum atomic E-state index is -0.805. The second-order valence-electron chi connectivity index (χ2n) is 40.3. The Morgan fingerprint density at radius 2 is 0.617 bits per heavy atom. The van der Waals surface area contributed by atoms with E-state index >= 15 is 0 Å². The largest absolute Gasteiger partial charge is 0.395 e. The number of fused-ring (bicyclic) bond motifs is 18. The number of aromatic nitrogens is 6. The first-order chi connectivity index (χ1) is 72.2. The Kier molecular flexibility index (Phi) is 37.3. The Bertz CT molecular complexity index is 7330. The van der Waals surface area contributed by atoms with E-state index < -0.39 is 18.2 Å². The number of H-pyrrole nitrogens is 6. The van der Waals surface area contributed by atoms with Gasteiger partial charge in [0.15, 0.2) is 0 Å². The molecule has 2 saturated heterocycles. The van der Waals surface area contributed by atoms with Gasteiger partial charge in [-0.3, -0.25) is 62.4 Å². The van der Waals surface area contributed by atoms with E-state index in [4.69, 9.17) is 21.7 Å². The van der Waals surface area contributed by atoms with Gasteiger partial charge in [-0.15, -0.1) is 0 Å². The first-order valence-corrected chi connectivity index (χ1v) is 52.7. The summed E-state index contributed by atoms with van der Waals surface area (Å²) in [6.45, 7) is 19.4. The zero-order valence-corrected chi connectivity index (χ0v) is 85.7. The summed E-state index contributed by atoms with van der Waals surface area (Å²) in [5, 5.41) is 39.8. The summed E-state index contributed by atoms with van der Waals surface area (Å²) in [5.74, 6) is 0.577. The highest BCUT2D eigenvalue weighted by atomic mass is 16.3. The highest BCUT2D eigenvalue weighted by molar-refractivity contribution is 5.93. The van der Waals surface area contributed by atoms with Crippen LogP contribution in [0.4, 0.5) is 0 Å². The van der Waals surface area contributed by atoms with E-state index in [0.717, 1.165) is 190 Å². The van der Waals surface area contributed by atoms with Crippen molar-refractivity contribution in [2.45, 2.75) is 174 Å². The molecule has 0 spiro atoms. The molecule has 34 heteroatoms. The molecule has 0 bridgehead atoms. The molecule has 3 atom stereocenters. The third-order valence-electron chi connectivity index (χ3n) is 29.8. The number of hydrogen-bond donors (Lipinski definition) is 12. The molecule has 6 amide bonds. The second-order valence-corrected chi connectivity index (χ2v) is 40.3. The van der Waals surface area contributed by atoms with Crippen LogP contribution in [-0.4, -0.2) is 293 Å². The number of aromatic amines is 6. The van der Waals surface area contributed by atoms with Crippen molar-refractivity contribution >= 4 is 100 Å². The third kappa shape index (κ3) is 27.1. The molecule has 8 aliphatic rings. The fourth-order valence-electron chi connectivity index (χ4n) is 21.7. The summed E-state index contributed by atoms with van der Waals surface area (Å²) in [4.78, 5) is 187. The molecule has 34 nitrogen and oxygen atoms in total. The number of hydrogen-bond acceptors (Lipinski definition) is 22. The summed E-state index contributed by atoms with van der Waals surface area (Å²) in [5.41, 5.74) is 24.6. The summed E-state index contributed by atoms with van der Waals surface area (Å²) < 4.78 is 0. The molecule has 21 rings (SSSR count). The molecule has 786 valence electrons. The fourth-order valence-corrected chi connectivity index (χ4v) is 21.7. The number of nitrogens with two attached hydrogens (primary N) is 2. The third-order valence-corrected chi connectivity index (χ3v) is 29.8. The average molecular weight is 2030 g/mol. The minimum Gasteiger partial charge on any atom is -0.395 e. The van der Waals surface area contributed by atoms with Crippen LogP contribution in [0.1, 0.15) is 144 Å². The predicted octanol–water partition coefficient (Wildman–Crippen LogP) is 7.72.